The molecular weight excluding hydrogens is 372 g/mol. The number of carbonyl (C=O) groups is 3. The highest BCUT2D eigenvalue weighted by Gasteiger charge is 2.70. The molecule has 1 aromatic rings. The second-order valence-corrected chi connectivity index (χ2v) is 7.71. The first-order valence-electron chi connectivity index (χ1n) is 10.2. The average Bonchev–Trinajstić information content (AvgIpc) is 2.94. The van der Waals surface area contributed by atoms with Crippen LogP contribution >= 0.6 is 0 Å². The number of benzene rings is 1. The molecule has 0 N–H and O–H groups in total. The average molecular weight is 400 g/mol. The summed E-state index contributed by atoms with van der Waals surface area (Å²) in [7, 11) is 0. The van der Waals surface area contributed by atoms with E-state index in [1.54, 1.807) is 19.9 Å². The molecule has 156 valence electrons. The predicted octanol–water partition coefficient (Wildman–Crippen LogP) is 3.53. The van der Waals surface area contributed by atoms with E-state index in [-0.39, 0.29) is 25.4 Å². The van der Waals surface area contributed by atoms with Crippen LogP contribution in [0.4, 0.5) is 0 Å². The van der Waals surface area contributed by atoms with Crippen LogP contribution in [0.2, 0.25) is 0 Å². The highest BCUT2D eigenvalue weighted by molar-refractivity contribution is 6.13. The van der Waals surface area contributed by atoms with Gasteiger partial charge in [0.1, 0.15) is 12.5 Å². The Hall–Kier alpha value is -2.47. The Kier molecular flexibility index (Phi) is 6.22. The molecule has 2 fully saturated rings. The second kappa shape index (κ2) is 8.49. The molecule has 0 radical (unpaired) electrons. The number of unbranched alkanes of at least 4 members (excludes halogenated alkanes) is 1. The number of esters is 2. The fourth-order valence-electron chi connectivity index (χ4n) is 4.21. The third-order valence-electron chi connectivity index (χ3n) is 5.63. The van der Waals surface area contributed by atoms with Crippen LogP contribution in [0.25, 0.3) is 0 Å². The standard InChI is InChI=1S/C23H28O6/c1-4-6-12-17-19(20(25)28-15-16-10-8-7-9-11-16)22(3)14-13-18(24)23(17,29-22)21(26)27-5-2/h7-12,19H,4-6,13-15H2,1-3H3/b17-12+/t19-,22-,23-/m1/s1. The number of rotatable bonds is 7. The van der Waals surface area contributed by atoms with Gasteiger partial charge in [0.15, 0.2) is 5.78 Å². The van der Waals surface area contributed by atoms with Gasteiger partial charge in [0.05, 0.1) is 12.2 Å². The molecule has 3 atom stereocenters. The van der Waals surface area contributed by atoms with Crippen molar-refractivity contribution in [1.82, 2.24) is 0 Å². The first kappa shape index (κ1) is 21.2. The molecule has 2 aliphatic heterocycles. The van der Waals surface area contributed by atoms with Crippen LogP contribution in [0.5, 0.6) is 0 Å². The van der Waals surface area contributed by atoms with Crippen LogP contribution in [-0.2, 0) is 35.2 Å². The lowest BCUT2D eigenvalue weighted by molar-refractivity contribution is -0.191. The van der Waals surface area contributed by atoms with Gasteiger partial charge in [0.25, 0.3) is 0 Å². The van der Waals surface area contributed by atoms with E-state index in [4.69, 9.17) is 14.2 Å². The van der Waals surface area contributed by atoms with Crippen LogP contribution in [0.3, 0.4) is 0 Å². The summed E-state index contributed by atoms with van der Waals surface area (Å²) in [4.78, 5) is 39.0. The molecule has 2 aliphatic rings. The zero-order valence-corrected chi connectivity index (χ0v) is 17.2. The molecule has 3 rings (SSSR count). The highest BCUT2D eigenvalue weighted by Crippen LogP contribution is 2.54. The van der Waals surface area contributed by atoms with Crippen molar-refractivity contribution < 1.29 is 28.6 Å². The van der Waals surface area contributed by atoms with Crippen LogP contribution in [-0.4, -0.2) is 35.5 Å². The summed E-state index contributed by atoms with van der Waals surface area (Å²) >= 11 is 0. The van der Waals surface area contributed by atoms with Crippen LogP contribution in [0, 0.1) is 5.92 Å². The van der Waals surface area contributed by atoms with E-state index in [1.807, 2.05) is 37.3 Å². The van der Waals surface area contributed by atoms with E-state index in [0.29, 0.717) is 18.4 Å². The van der Waals surface area contributed by atoms with Crippen molar-refractivity contribution >= 4 is 17.7 Å². The Morgan fingerprint density at radius 3 is 2.59 bits per heavy atom. The van der Waals surface area contributed by atoms with E-state index >= 15 is 0 Å². The molecule has 2 bridgehead atoms. The first-order chi connectivity index (χ1) is 13.9. The number of carbonyl (C=O) groups excluding carboxylic acids is 3. The smallest absolute Gasteiger partial charge is 0.350 e. The zero-order chi connectivity index (χ0) is 21.1. The summed E-state index contributed by atoms with van der Waals surface area (Å²) in [6.07, 6.45) is 3.72. The minimum atomic E-state index is -1.84. The predicted molar refractivity (Wildman–Crippen MR) is 106 cm³/mol. The minimum absolute atomic E-state index is 0.119. The maximum Gasteiger partial charge on any atom is 0.350 e. The quantitative estimate of drug-likeness (QED) is 0.396. The van der Waals surface area contributed by atoms with Gasteiger partial charge < -0.3 is 14.2 Å². The molecule has 6 nitrogen and oxygen atoms in total. The lowest BCUT2D eigenvalue weighted by Crippen LogP contribution is -2.53. The van der Waals surface area contributed by atoms with Gasteiger partial charge in [0.2, 0.25) is 5.60 Å². The van der Waals surface area contributed by atoms with Gasteiger partial charge in [-0.2, -0.15) is 0 Å². The second-order valence-electron chi connectivity index (χ2n) is 7.71. The zero-order valence-electron chi connectivity index (χ0n) is 17.2. The third-order valence-corrected chi connectivity index (χ3v) is 5.63. The largest absolute Gasteiger partial charge is 0.463 e. The number of Topliss-reactive ketones (excluding diaryl/α,β-unsaturated/α-hetero) is 1. The van der Waals surface area contributed by atoms with E-state index in [1.165, 1.54) is 0 Å². The number of allylic oxidation sites excluding steroid dienone is 1. The number of hydrogen-bond donors (Lipinski definition) is 0. The minimum Gasteiger partial charge on any atom is -0.463 e. The molecule has 0 aromatic heterocycles. The molecule has 2 heterocycles. The van der Waals surface area contributed by atoms with Crippen molar-refractivity contribution in [3.05, 3.63) is 47.5 Å². The fraction of sp³-hybridized carbons (Fsp3) is 0.522. The van der Waals surface area contributed by atoms with E-state index in [0.717, 1.165) is 12.0 Å². The molecule has 2 saturated heterocycles. The topological polar surface area (TPSA) is 78.9 Å². The van der Waals surface area contributed by atoms with Gasteiger partial charge in [-0.25, -0.2) is 4.79 Å². The van der Waals surface area contributed by atoms with Crippen molar-refractivity contribution in [2.75, 3.05) is 6.61 Å². The summed E-state index contributed by atoms with van der Waals surface area (Å²) in [5.74, 6) is -2.40. The Balaban J connectivity index is 1.97. The summed E-state index contributed by atoms with van der Waals surface area (Å²) in [5.41, 5.74) is -1.59. The third kappa shape index (κ3) is 3.73. The number of fused-ring (bicyclic) bond motifs is 2. The SMILES string of the molecule is CCC/C=C1\[C@H](C(=O)OCc2ccccc2)[C@@]2(C)CCC(=O)[C@]1(C(=O)OCC)O2. The van der Waals surface area contributed by atoms with Gasteiger partial charge in [-0.15, -0.1) is 0 Å². The summed E-state index contributed by atoms with van der Waals surface area (Å²) in [6.45, 7) is 5.68. The van der Waals surface area contributed by atoms with Crippen molar-refractivity contribution in [3.63, 3.8) is 0 Å². The summed E-state index contributed by atoms with van der Waals surface area (Å²) in [5, 5.41) is 0. The van der Waals surface area contributed by atoms with Crippen molar-refractivity contribution in [3.8, 4) is 0 Å². The van der Waals surface area contributed by atoms with Gasteiger partial charge in [-0.3, -0.25) is 9.59 Å². The monoisotopic (exact) mass is 400 g/mol. The molecule has 0 unspecified atom stereocenters. The molecule has 0 aliphatic carbocycles. The number of hydrogen-bond acceptors (Lipinski definition) is 6. The number of ketones is 1. The van der Waals surface area contributed by atoms with Crippen LogP contribution < -0.4 is 0 Å². The normalized spacial score (nSPS) is 29.7. The van der Waals surface area contributed by atoms with E-state index in [9.17, 15) is 14.4 Å². The fourth-order valence-corrected chi connectivity index (χ4v) is 4.21. The molecular formula is C23H28O6. The molecule has 29 heavy (non-hydrogen) atoms. The molecule has 0 amide bonds. The van der Waals surface area contributed by atoms with Crippen molar-refractivity contribution in [1.29, 1.82) is 0 Å². The maximum atomic E-state index is 13.2. The van der Waals surface area contributed by atoms with E-state index in [2.05, 4.69) is 0 Å². The lowest BCUT2D eigenvalue weighted by atomic mass is 9.80. The van der Waals surface area contributed by atoms with Gasteiger partial charge in [-0.05, 0) is 37.8 Å². The van der Waals surface area contributed by atoms with Crippen molar-refractivity contribution in [2.45, 2.75) is 64.3 Å². The molecule has 0 spiro atoms. The number of ether oxygens (including phenoxy) is 3. The maximum absolute atomic E-state index is 13.2. The summed E-state index contributed by atoms with van der Waals surface area (Å²) in [6, 6.07) is 9.38. The Labute approximate surface area is 171 Å². The van der Waals surface area contributed by atoms with Gasteiger partial charge >= 0.3 is 11.9 Å². The summed E-state index contributed by atoms with van der Waals surface area (Å²) < 4.78 is 16.9. The molecule has 6 heteroatoms. The Morgan fingerprint density at radius 2 is 1.93 bits per heavy atom. The Bertz CT molecular complexity index is 814. The highest BCUT2D eigenvalue weighted by atomic mass is 16.6. The molecule has 1 aromatic carbocycles. The molecule has 0 saturated carbocycles. The van der Waals surface area contributed by atoms with Crippen LogP contribution in [0.15, 0.2) is 42.0 Å². The Morgan fingerprint density at radius 1 is 1.21 bits per heavy atom. The lowest BCUT2D eigenvalue weighted by Gasteiger charge is -2.35. The van der Waals surface area contributed by atoms with E-state index < -0.39 is 29.1 Å². The van der Waals surface area contributed by atoms with Crippen molar-refractivity contribution in [2.24, 2.45) is 5.92 Å². The first-order valence-corrected chi connectivity index (χ1v) is 10.2. The van der Waals surface area contributed by atoms with Gasteiger partial charge in [-0.1, -0.05) is 49.8 Å². The van der Waals surface area contributed by atoms with Gasteiger partial charge in [0, 0.05) is 6.42 Å². The van der Waals surface area contributed by atoms with Crippen LogP contribution in [0.1, 0.15) is 52.0 Å².